The summed E-state index contributed by atoms with van der Waals surface area (Å²) in [6.07, 6.45) is 15.2. The fourth-order valence-corrected chi connectivity index (χ4v) is 6.90. The molecule has 42 heavy (non-hydrogen) atoms. The van der Waals surface area contributed by atoms with E-state index in [1.165, 1.54) is 10.5 Å². The molecule has 0 amide bonds. The summed E-state index contributed by atoms with van der Waals surface area (Å²) in [6.45, 7) is 9.95. The Labute approximate surface area is 253 Å². The van der Waals surface area contributed by atoms with E-state index in [9.17, 15) is 17.8 Å². The first-order chi connectivity index (χ1) is 19.8. The maximum absolute atomic E-state index is 11.3. The third-order valence-electron chi connectivity index (χ3n) is 8.38. The number of fused-ring (bicyclic) bond motifs is 2. The number of carboxylic acid groups (broad SMARTS) is 1. The van der Waals surface area contributed by atoms with Crippen molar-refractivity contribution < 1.29 is 27.4 Å². The van der Waals surface area contributed by atoms with Gasteiger partial charge in [-0.15, -0.1) is 11.8 Å². The molecule has 0 saturated heterocycles. The van der Waals surface area contributed by atoms with Gasteiger partial charge in [0.25, 0.3) is 5.82 Å². The second-order valence-electron chi connectivity index (χ2n) is 12.1. The maximum Gasteiger partial charge on any atom is 0.303 e. The van der Waals surface area contributed by atoms with Crippen molar-refractivity contribution in [1.82, 2.24) is 4.98 Å². The van der Waals surface area contributed by atoms with Gasteiger partial charge in [0.1, 0.15) is 18.1 Å². The zero-order valence-electron chi connectivity index (χ0n) is 25.1. The fraction of sp³-hybridized carbons (Fsp3) is 0.516. The third kappa shape index (κ3) is 7.01. The molecule has 2 aromatic rings. The molecular weight excluding hydrogens is 572 g/mol. The van der Waals surface area contributed by atoms with Gasteiger partial charge in [0.15, 0.2) is 0 Å². The van der Waals surface area contributed by atoms with Crippen LogP contribution in [-0.4, -0.2) is 53.6 Å². The molecule has 11 heteroatoms. The molecule has 228 valence electrons. The number of nitrogens with one attached hydrogen (secondary N) is 1. The van der Waals surface area contributed by atoms with Crippen LogP contribution in [0, 0.1) is 0 Å². The van der Waals surface area contributed by atoms with Crippen molar-refractivity contribution in [3.05, 3.63) is 65.6 Å². The van der Waals surface area contributed by atoms with Gasteiger partial charge in [0.05, 0.1) is 22.2 Å². The molecule has 0 aliphatic carbocycles. The number of thioether (sulfide) groups is 1. The third-order valence-corrected chi connectivity index (χ3v) is 9.87. The van der Waals surface area contributed by atoms with E-state index in [-0.39, 0.29) is 29.7 Å². The van der Waals surface area contributed by atoms with Crippen molar-refractivity contribution in [1.29, 1.82) is 0 Å². The number of carbonyl (C=O) groups is 1. The lowest BCUT2D eigenvalue weighted by Crippen LogP contribution is -2.37. The predicted octanol–water partition coefficient (Wildman–Crippen LogP) is 4.98. The van der Waals surface area contributed by atoms with Crippen molar-refractivity contribution in [2.75, 3.05) is 28.8 Å². The molecular formula is C31H42N4O5S2. The summed E-state index contributed by atoms with van der Waals surface area (Å²) in [5.74, 6) is 0.731. The maximum atomic E-state index is 11.3. The summed E-state index contributed by atoms with van der Waals surface area (Å²) in [6, 6.07) is 6.25. The van der Waals surface area contributed by atoms with Crippen LogP contribution < -0.4 is 14.8 Å². The Kier molecular flexibility index (Phi) is 9.74. The lowest BCUT2D eigenvalue weighted by molar-refractivity contribution is -0.685. The van der Waals surface area contributed by atoms with Crippen molar-refractivity contribution >= 4 is 39.5 Å². The number of hydrogen-bond acceptors (Lipinski definition) is 8. The SMILES string of the molecule is CSc1cc2c([n+](CCCCCC(=O)O)c1)NC(/C=C/C=C1\N(CCCS(=O)(=O)[O-])c3ncccc3C1(C)C)C2(C)C. The van der Waals surface area contributed by atoms with E-state index in [2.05, 4.69) is 79.3 Å². The van der Waals surface area contributed by atoms with Crippen molar-refractivity contribution in [3.63, 3.8) is 0 Å². The molecule has 0 fully saturated rings. The zero-order valence-corrected chi connectivity index (χ0v) is 26.7. The van der Waals surface area contributed by atoms with Crippen LogP contribution in [0.3, 0.4) is 0 Å². The molecule has 9 nitrogen and oxygen atoms in total. The number of rotatable bonds is 13. The molecule has 2 aliphatic heterocycles. The molecule has 1 unspecified atom stereocenters. The van der Waals surface area contributed by atoms with Gasteiger partial charge < -0.3 is 14.6 Å². The predicted molar refractivity (Wildman–Crippen MR) is 166 cm³/mol. The molecule has 4 heterocycles. The van der Waals surface area contributed by atoms with Gasteiger partial charge >= 0.3 is 5.97 Å². The number of pyridine rings is 2. The fourth-order valence-electron chi connectivity index (χ4n) is 5.95. The Morgan fingerprint density at radius 3 is 2.67 bits per heavy atom. The molecule has 0 aromatic carbocycles. The van der Waals surface area contributed by atoms with Gasteiger partial charge in [0, 0.05) is 51.9 Å². The highest BCUT2D eigenvalue weighted by Crippen LogP contribution is 2.46. The quantitative estimate of drug-likeness (QED) is 0.139. The molecule has 2 aromatic heterocycles. The standard InChI is InChI=1S/C31H42N4O5S2/c1-30(2)24-20-22(41-5)21-34(17-8-6-7-15-27(36)37)29(24)33-25(30)13-9-14-26-31(3,4)23-12-10-16-32-28(23)35(26)18-11-19-42(38,39)40/h9-10,12-14,16,20-21,25H,6-8,11,15,17-19H2,1-5H3,(H2,36,37,38,39,40)/b13-9+,26-14-. The van der Waals surface area contributed by atoms with E-state index in [0.717, 1.165) is 42.3 Å². The van der Waals surface area contributed by atoms with Crippen molar-refractivity contribution in [3.8, 4) is 0 Å². The largest absolute Gasteiger partial charge is 0.748 e. The van der Waals surface area contributed by atoms with E-state index < -0.39 is 21.8 Å². The lowest BCUT2D eigenvalue weighted by atomic mass is 9.81. The van der Waals surface area contributed by atoms with Crippen LogP contribution in [0.25, 0.3) is 0 Å². The number of aryl methyl sites for hydroxylation is 1. The lowest BCUT2D eigenvalue weighted by Gasteiger charge is -2.26. The molecule has 1 atom stereocenters. The first kappa shape index (κ1) is 32.0. The molecule has 2 aliphatic rings. The second-order valence-corrected chi connectivity index (χ2v) is 14.5. The molecule has 0 radical (unpaired) electrons. The van der Waals surface area contributed by atoms with Crippen LogP contribution in [-0.2, 0) is 32.3 Å². The smallest absolute Gasteiger partial charge is 0.303 e. The molecule has 0 bridgehead atoms. The molecule has 2 N–H and O–H groups in total. The Bertz CT molecular complexity index is 1480. The summed E-state index contributed by atoms with van der Waals surface area (Å²) in [5, 5.41) is 12.7. The van der Waals surface area contributed by atoms with E-state index in [0.29, 0.717) is 13.0 Å². The van der Waals surface area contributed by atoms with Crippen LogP contribution in [0.2, 0.25) is 0 Å². The van der Waals surface area contributed by atoms with E-state index in [4.69, 9.17) is 5.11 Å². The molecule has 0 spiro atoms. The van der Waals surface area contributed by atoms with Gasteiger partial charge in [-0.2, -0.15) is 0 Å². The second kappa shape index (κ2) is 12.8. The van der Waals surface area contributed by atoms with Gasteiger partial charge in [-0.25, -0.2) is 18.0 Å². The highest BCUT2D eigenvalue weighted by atomic mass is 32.2. The van der Waals surface area contributed by atoms with Gasteiger partial charge in [-0.3, -0.25) is 10.1 Å². The number of unbranched alkanes of at least 4 members (excludes halogenated alkanes) is 2. The molecule has 4 rings (SSSR count). The Hall–Kier alpha value is -2.89. The minimum Gasteiger partial charge on any atom is -0.748 e. The number of hydrogen-bond donors (Lipinski definition) is 2. The summed E-state index contributed by atoms with van der Waals surface area (Å²) in [7, 11) is -4.29. The minimum atomic E-state index is -4.29. The first-order valence-electron chi connectivity index (χ1n) is 14.4. The average Bonchev–Trinajstić information content (AvgIpc) is 3.29. The highest BCUT2D eigenvalue weighted by molar-refractivity contribution is 7.98. The zero-order chi connectivity index (χ0) is 30.7. The Morgan fingerprint density at radius 2 is 1.98 bits per heavy atom. The topological polar surface area (TPSA) is 127 Å². The van der Waals surface area contributed by atoms with Gasteiger partial charge in [-0.05, 0) is 56.2 Å². The van der Waals surface area contributed by atoms with Crippen LogP contribution in [0.1, 0.15) is 70.9 Å². The number of aromatic nitrogens is 2. The van der Waals surface area contributed by atoms with E-state index >= 15 is 0 Å². The van der Waals surface area contributed by atoms with Crippen molar-refractivity contribution in [2.24, 2.45) is 0 Å². The van der Waals surface area contributed by atoms with Gasteiger partial charge in [0.2, 0.25) is 0 Å². The number of allylic oxidation sites excluding steroid dienone is 3. The van der Waals surface area contributed by atoms with Crippen molar-refractivity contribution in [2.45, 2.75) is 88.1 Å². The van der Waals surface area contributed by atoms with Crippen LogP contribution in [0.15, 0.2) is 59.4 Å². The summed E-state index contributed by atoms with van der Waals surface area (Å²) < 4.78 is 36.1. The van der Waals surface area contributed by atoms with E-state index in [1.54, 1.807) is 18.0 Å². The average molecular weight is 615 g/mol. The summed E-state index contributed by atoms with van der Waals surface area (Å²) in [4.78, 5) is 18.7. The Balaban J connectivity index is 1.57. The van der Waals surface area contributed by atoms with Gasteiger partial charge in [-0.1, -0.05) is 39.8 Å². The van der Waals surface area contributed by atoms with Crippen LogP contribution in [0.5, 0.6) is 0 Å². The number of nitrogens with zero attached hydrogens (tertiary/aromatic N) is 3. The van der Waals surface area contributed by atoms with Crippen LogP contribution in [0.4, 0.5) is 11.6 Å². The summed E-state index contributed by atoms with van der Waals surface area (Å²) in [5.41, 5.74) is 2.79. The summed E-state index contributed by atoms with van der Waals surface area (Å²) >= 11 is 1.71. The Morgan fingerprint density at radius 1 is 1.21 bits per heavy atom. The van der Waals surface area contributed by atoms with E-state index in [1.807, 2.05) is 17.0 Å². The number of carboxylic acids is 1. The highest BCUT2D eigenvalue weighted by Gasteiger charge is 2.45. The number of aliphatic carboxylic acids is 1. The van der Waals surface area contributed by atoms with Crippen LogP contribution >= 0.6 is 11.8 Å². The monoisotopic (exact) mass is 614 g/mol. The number of anilines is 2. The minimum absolute atomic E-state index is 0.0313. The normalized spacial score (nSPS) is 19.7. The molecule has 0 saturated carbocycles. The first-order valence-corrected chi connectivity index (χ1v) is 17.2.